The number of rotatable bonds is 7. The highest BCUT2D eigenvalue weighted by Crippen LogP contribution is 2.15. The van der Waals surface area contributed by atoms with Gasteiger partial charge in [-0.05, 0) is 55.1 Å². The molecule has 9 heteroatoms. The first kappa shape index (κ1) is 25.1. The number of halogens is 2. The summed E-state index contributed by atoms with van der Waals surface area (Å²) >= 11 is 0. The Morgan fingerprint density at radius 3 is 2.54 bits per heavy atom. The minimum absolute atomic E-state index is 0. The first-order chi connectivity index (χ1) is 12.8. The number of sulfone groups is 1. The van der Waals surface area contributed by atoms with Gasteiger partial charge in [0.25, 0.3) is 0 Å². The summed E-state index contributed by atoms with van der Waals surface area (Å²) in [5.74, 6) is 0.946. The Morgan fingerprint density at radius 2 is 1.93 bits per heavy atom. The second-order valence-electron chi connectivity index (χ2n) is 7.36. The summed E-state index contributed by atoms with van der Waals surface area (Å²) in [4.78, 5) is 6.63. The Kier molecular flexibility index (Phi) is 10.7. The van der Waals surface area contributed by atoms with Crippen molar-refractivity contribution in [3.63, 3.8) is 0 Å². The Hall–Kier alpha value is -0.940. The lowest BCUT2D eigenvalue weighted by atomic mass is 9.99. The number of nitrogens with zero attached hydrogens (tertiary/aromatic N) is 2. The van der Waals surface area contributed by atoms with Crippen LogP contribution in [0.4, 0.5) is 4.39 Å². The molecule has 0 unspecified atom stereocenters. The van der Waals surface area contributed by atoms with Gasteiger partial charge in [0.2, 0.25) is 0 Å². The summed E-state index contributed by atoms with van der Waals surface area (Å²) in [5, 5.41) is 6.41. The van der Waals surface area contributed by atoms with Gasteiger partial charge in [-0.15, -0.1) is 24.0 Å². The van der Waals surface area contributed by atoms with Crippen molar-refractivity contribution < 1.29 is 12.8 Å². The van der Waals surface area contributed by atoms with E-state index in [0.29, 0.717) is 23.6 Å². The molecule has 1 aromatic carbocycles. The normalized spacial score (nSPS) is 16.5. The first-order valence-electron chi connectivity index (χ1n) is 9.38. The monoisotopic (exact) mass is 526 g/mol. The second kappa shape index (κ2) is 11.9. The van der Waals surface area contributed by atoms with Crippen molar-refractivity contribution in [1.82, 2.24) is 15.5 Å². The Balaban J connectivity index is 0.00000392. The average molecular weight is 526 g/mol. The van der Waals surface area contributed by atoms with E-state index in [1.807, 2.05) is 0 Å². The van der Waals surface area contributed by atoms with Crippen LogP contribution in [0.3, 0.4) is 0 Å². The Bertz CT molecular complexity index is 750. The van der Waals surface area contributed by atoms with Crippen LogP contribution in [0.25, 0.3) is 0 Å². The molecule has 0 saturated carbocycles. The maximum Gasteiger partial charge on any atom is 0.191 e. The number of piperidine rings is 1. The van der Waals surface area contributed by atoms with Gasteiger partial charge in [-0.2, -0.15) is 0 Å². The number of aliphatic imine (C=N–C) groups is 1. The smallest absolute Gasteiger partial charge is 0.191 e. The van der Waals surface area contributed by atoms with Crippen molar-refractivity contribution in [2.24, 2.45) is 10.9 Å². The maximum atomic E-state index is 13.6. The lowest BCUT2D eigenvalue weighted by Crippen LogP contribution is -2.43. The van der Waals surface area contributed by atoms with Gasteiger partial charge in [-0.25, -0.2) is 12.8 Å². The zero-order chi connectivity index (χ0) is 19.9. The molecule has 0 radical (unpaired) electrons. The van der Waals surface area contributed by atoms with Gasteiger partial charge in [0.15, 0.2) is 15.8 Å². The molecule has 160 valence electrons. The van der Waals surface area contributed by atoms with Crippen LogP contribution in [0.15, 0.2) is 23.2 Å². The largest absolute Gasteiger partial charge is 0.355 e. The van der Waals surface area contributed by atoms with E-state index >= 15 is 0 Å². The van der Waals surface area contributed by atoms with Crippen molar-refractivity contribution in [2.45, 2.75) is 32.1 Å². The molecule has 0 aromatic heterocycles. The predicted octanol–water partition coefficient (Wildman–Crippen LogP) is 2.39. The van der Waals surface area contributed by atoms with Crippen molar-refractivity contribution in [3.8, 4) is 0 Å². The zero-order valence-corrected chi connectivity index (χ0v) is 20.0. The van der Waals surface area contributed by atoms with Crippen LogP contribution in [-0.4, -0.2) is 58.8 Å². The van der Waals surface area contributed by atoms with Gasteiger partial charge in [-0.3, -0.25) is 4.99 Å². The molecule has 2 N–H and O–H groups in total. The summed E-state index contributed by atoms with van der Waals surface area (Å²) in [6.07, 6.45) is 3.67. The van der Waals surface area contributed by atoms with E-state index in [2.05, 4.69) is 27.4 Å². The molecule has 0 aliphatic carbocycles. The summed E-state index contributed by atoms with van der Waals surface area (Å²) in [6, 6.07) is 4.19. The SMILES string of the molecule is CN=C(NCCN1CCC(C)CC1)NCc1cc(F)ccc1CS(C)(=O)=O.I. The number of hydrogen-bond acceptors (Lipinski definition) is 4. The van der Waals surface area contributed by atoms with Crippen LogP contribution >= 0.6 is 24.0 Å². The number of hydrogen-bond donors (Lipinski definition) is 2. The number of guanidine groups is 1. The first-order valence-corrected chi connectivity index (χ1v) is 11.4. The van der Waals surface area contributed by atoms with Crippen LogP contribution in [-0.2, 0) is 22.1 Å². The molecular formula is C19H32FIN4O2S. The fourth-order valence-corrected chi connectivity index (χ4v) is 4.05. The lowest BCUT2D eigenvalue weighted by Gasteiger charge is -2.30. The van der Waals surface area contributed by atoms with E-state index in [4.69, 9.17) is 0 Å². The molecule has 0 spiro atoms. The molecule has 0 atom stereocenters. The second-order valence-corrected chi connectivity index (χ2v) is 9.50. The standard InChI is InChI=1S/C19H31FN4O2S.HI/c1-15-6-9-24(10-7-15)11-8-22-19(21-2)23-13-17-12-18(20)5-4-16(17)14-27(3,25)26;/h4-5,12,15H,6-11,13-14H2,1-3H3,(H2,21,22,23);1H. The third-order valence-corrected chi connectivity index (χ3v) is 5.69. The number of nitrogens with one attached hydrogen (secondary N) is 2. The van der Waals surface area contributed by atoms with Crippen LogP contribution in [0.5, 0.6) is 0 Å². The maximum absolute atomic E-state index is 13.6. The fourth-order valence-electron chi connectivity index (χ4n) is 3.20. The highest BCUT2D eigenvalue weighted by Gasteiger charge is 2.15. The van der Waals surface area contributed by atoms with Gasteiger partial charge >= 0.3 is 0 Å². The van der Waals surface area contributed by atoms with Gasteiger partial charge in [-0.1, -0.05) is 13.0 Å². The third-order valence-electron chi connectivity index (χ3n) is 4.85. The summed E-state index contributed by atoms with van der Waals surface area (Å²) in [5.41, 5.74) is 1.22. The summed E-state index contributed by atoms with van der Waals surface area (Å²) < 4.78 is 36.8. The van der Waals surface area contributed by atoms with E-state index < -0.39 is 9.84 Å². The molecule has 0 bridgehead atoms. The van der Waals surface area contributed by atoms with E-state index in [-0.39, 0.29) is 35.5 Å². The quantitative estimate of drug-likeness (QED) is 0.325. The van der Waals surface area contributed by atoms with Crippen LogP contribution < -0.4 is 10.6 Å². The van der Waals surface area contributed by atoms with Crippen LogP contribution in [0.2, 0.25) is 0 Å². The fraction of sp³-hybridized carbons (Fsp3) is 0.632. The third kappa shape index (κ3) is 9.04. The molecule has 28 heavy (non-hydrogen) atoms. The molecular weight excluding hydrogens is 494 g/mol. The van der Waals surface area contributed by atoms with E-state index in [1.54, 1.807) is 7.05 Å². The predicted molar refractivity (Wildman–Crippen MR) is 123 cm³/mol. The lowest BCUT2D eigenvalue weighted by molar-refractivity contribution is 0.195. The molecule has 6 nitrogen and oxygen atoms in total. The summed E-state index contributed by atoms with van der Waals surface area (Å²) in [7, 11) is -1.51. The van der Waals surface area contributed by atoms with Gasteiger partial charge in [0, 0.05) is 32.9 Å². The van der Waals surface area contributed by atoms with Crippen molar-refractivity contribution in [3.05, 3.63) is 35.1 Å². The molecule has 1 aliphatic heterocycles. The Labute approximate surface area is 185 Å². The molecule has 1 aromatic rings. The van der Waals surface area contributed by atoms with E-state index in [1.165, 1.54) is 37.3 Å². The number of benzene rings is 1. The van der Waals surface area contributed by atoms with Crippen molar-refractivity contribution >= 4 is 39.8 Å². The molecule has 0 amide bonds. The zero-order valence-electron chi connectivity index (χ0n) is 16.9. The number of likely N-dealkylation sites (tertiary alicyclic amines) is 1. The van der Waals surface area contributed by atoms with Gasteiger partial charge in [0.1, 0.15) is 5.82 Å². The topological polar surface area (TPSA) is 73.8 Å². The highest BCUT2D eigenvalue weighted by molar-refractivity contribution is 14.0. The van der Waals surface area contributed by atoms with Gasteiger partial charge < -0.3 is 15.5 Å². The molecule has 1 aliphatic rings. The van der Waals surface area contributed by atoms with E-state index in [9.17, 15) is 12.8 Å². The van der Waals surface area contributed by atoms with Crippen molar-refractivity contribution in [2.75, 3.05) is 39.5 Å². The van der Waals surface area contributed by atoms with E-state index in [0.717, 1.165) is 32.1 Å². The van der Waals surface area contributed by atoms with Crippen LogP contribution in [0, 0.1) is 11.7 Å². The molecule has 1 heterocycles. The minimum Gasteiger partial charge on any atom is -0.355 e. The average Bonchev–Trinajstić information content (AvgIpc) is 2.60. The van der Waals surface area contributed by atoms with Gasteiger partial charge in [0.05, 0.1) is 5.75 Å². The van der Waals surface area contributed by atoms with Crippen LogP contribution in [0.1, 0.15) is 30.9 Å². The minimum atomic E-state index is -3.19. The van der Waals surface area contributed by atoms with Crippen molar-refractivity contribution in [1.29, 1.82) is 0 Å². The molecule has 1 saturated heterocycles. The molecule has 1 fully saturated rings. The summed E-state index contributed by atoms with van der Waals surface area (Å²) in [6.45, 7) is 6.59. The molecule has 2 rings (SSSR count). The highest BCUT2D eigenvalue weighted by atomic mass is 127. The Morgan fingerprint density at radius 1 is 1.25 bits per heavy atom.